The van der Waals surface area contributed by atoms with Crippen molar-refractivity contribution in [2.75, 3.05) is 17.1 Å². The Labute approximate surface area is 267 Å². The van der Waals surface area contributed by atoms with E-state index in [0.29, 0.717) is 23.6 Å². The first kappa shape index (κ1) is 33.5. The lowest BCUT2D eigenvalue weighted by Crippen LogP contribution is -2.53. The van der Waals surface area contributed by atoms with Gasteiger partial charge in [0.2, 0.25) is 21.8 Å². The molecule has 236 valence electrons. The Morgan fingerprint density at radius 2 is 1.64 bits per heavy atom. The summed E-state index contributed by atoms with van der Waals surface area (Å²) >= 11 is 6.55. The molecule has 3 aromatic carbocycles. The average Bonchev–Trinajstić information content (AvgIpc) is 2.99. The van der Waals surface area contributed by atoms with E-state index in [2.05, 4.69) is 5.32 Å². The zero-order chi connectivity index (χ0) is 31.7. The molecule has 0 spiro atoms. The highest BCUT2D eigenvalue weighted by Gasteiger charge is 2.32. The van der Waals surface area contributed by atoms with Crippen LogP contribution in [-0.2, 0) is 32.6 Å². The van der Waals surface area contributed by atoms with Gasteiger partial charge >= 0.3 is 0 Å². The Bertz CT molecular complexity index is 1520. The van der Waals surface area contributed by atoms with Gasteiger partial charge in [0.15, 0.2) is 0 Å². The number of nitrogens with zero attached hydrogens (tertiary/aromatic N) is 2. The maximum atomic E-state index is 14.1. The Hall–Kier alpha value is -3.36. The molecule has 0 heterocycles. The number of benzene rings is 3. The molecule has 0 unspecified atom stereocenters. The smallest absolute Gasteiger partial charge is 0.243 e. The van der Waals surface area contributed by atoms with Crippen molar-refractivity contribution in [2.24, 2.45) is 0 Å². The van der Waals surface area contributed by atoms with Crippen LogP contribution in [0.15, 0.2) is 72.8 Å². The number of amides is 2. The van der Waals surface area contributed by atoms with Crippen molar-refractivity contribution in [1.82, 2.24) is 10.2 Å². The third kappa shape index (κ3) is 9.32. The van der Waals surface area contributed by atoms with E-state index in [-0.39, 0.29) is 37.4 Å². The second kappa shape index (κ2) is 15.6. The van der Waals surface area contributed by atoms with E-state index in [0.717, 1.165) is 47.9 Å². The summed E-state index contributed by atoms with van der Waals surface area (Å²) in [6.45, 7) is 4.11. The predicted molar refractivity (Wildman–Crippen MR) is 178 cm³/mol. The van der Waals surface area contributed by atoms with Gasteiger partial charge in [-0.3, -0.25) is 13.9 Å². The normalized spacial score (nSPS) is 14.5. The van der Waals surface area contributed by atoms with Crippen molar-refractivity contribution in [3.63, 3.8) is 0 Å². The van der Waals surface area contributed by atoms with Crippen LogP contribution < -0.4 is 9.62 Å². The van der Waals surface area contributed by atoms with Crippen molar-refractivity contribution < 1.29 is 18.0 Å². The highest BCUT2D eigenvalue weighted by molar-refractivity contribution is 7.92. The number of aryl methyl sites for hydroxylation is 2. The molecule has 0 radical (unpaired) electrons. The fourth-order valence-corrected chi connectivity index (χ4v) is 7.09. The summed E-state index contributed by atoms with van der Waals surface area (Å²) in [6, 6.07) is 22.1. The summed E-state index contributed by atoms with van der Waals surface area (Å²) in [6.07, 6.45) is 7.10. The molecule has 7 nitrogen and oxygen atoms in total. The molecule has 2 amide bonds. The van der Waals surface area contributed by atoms with Crippen molar-refractivity contribution >= 4 is 39.1 Å². The van der Waals surface area contributed by atoms with E-state index >= 15 is 0 Å². The first-order valence-electron chi connectivity index (χ1n) is 15.4. The molecule has 4 rings (SSSR count). The minimum absolute atomic E-state index is 0.0728. The third-order valence-electron chi connectivity index (χ3n) is 8.31. The lowest BCUT2D eigenvalue weighted by Gasteiger charge is -2.34. The van der Waals surface area contributed by atoms with Gasteiger partial charge in [0, 0.05) is 37.0 Å². The lowest BCUT2D eigenvalue weighted by molar-refractivity contribution is -0.141. The van der Waals surface area contributed by atoms with E-state index in [1.165, 1.54) is 17.0 Å². The van der Waals surface area contributed by atoms with Crippen molar-refractivity contribution in [2.45, 2.75) is 83.8 Å². The number of nitrogens with one attached hydrogen (secondary N) is 1. The van der Waals surface area contributed by atoms with Gasteiger partial charge in [-0.1, -0.05) is 91.5 Å². The average molecular weight is 638 g/mol. The van der Waals surface area contributed by atoms with Crippen LogP contribution in [-0.4, -0.2) is 50.0 Å². The third-order valence-corrected chi connectivity index (χ3v) is 9.86. The molecule has 1 saturated carbocycles. The summed E-state index contributed by atoms with van der Waals surface area (Å²) in [5, 5.41) is 3.77. The molecule has 1 N–H and O–H groups in total. The maximum Gasteiger partial charge on any atom is 0.243 e. The Balaban J connectivity index is 1.61. The minimum Gasteiger partial charge on any atom is -0.352 e. The molecule has 3 aromatic rings. The highest BCUT2D eigenvalue weighted by Crippen LogP contribution is 2.26. The van der Waals surface area contributed by atoms with Crippen LogP contribution in [0.2, 0.25) is 5.02 Å². The predicted octanol–water partition coefficient (Wildman–Crippen LogP) is 6.59. The first-order valence-corrected chi connectivity index (χ1v) is 17.7. The van der Waals surface area contributed by atoms with Crippen LogP contribution in [0.5, 0.6) is 0 Å². The molecular weight excluding hydrogens is 594 g/mol. The van der Waals surface area contributed by atoms with Gasteiger partial charge in [0.05, 0.1) is 11.9 Å². The van der Waals surface area contributed by atoms with Crippen LogP contribution in [0.25, 0.3) is 0 Å². The number of hydrogen-bond acceptors (Lipinski definition) is 4. The fourth-order valence-electron chi connectivity index (χ4n) is 5.88. The second-order valence-corrected chi connectivity index (χ2v) is 14.2. The quantitative estimate of drug-likeness (QED) is 0.229. The Morgan fingerprint density at radius 1 is 0.955 bits per heavy atom. The molecule has 0 aromatic heterocycles. The number of carbonyl (C=O) groups is 2. The highest BCUT2D eigenvalue weighted by atomic mass is 35.5. The molecule has 0 saturated heterocycles. The summed E-state index contributed by atoms with van der Waals surface area (Å²) < 4.78 is 27.0. The number of halogens is 1. The van der Waals surface area contributed by atoms with E-state index in [1.54, 1.807) is 11.0 Å². The largest absolute Gasteiger partial charge is 0.352 e. The Morgan fingerprint density at radius 3 is 2.32 bits per heavy atom. The number of sulfonamides is 1. The van der Waals surface area contributed by atoms with Gasteiger partial charge in [-0.2, -0.15) is 0 Å². The topological polar surface area (TPSA) is 86.8 Å². The molecule has 1 aliphatic rings. The van der Waals surface area contributed by atoms with Gasteiger partial charge in [-0.15, -0.1) is 0 Å². The lowest BCUT2D eigenvalue weighted by atomic mass is 9.94. The van der Waals surface area contributed by atoms with E-state index in [4.69, 9.17) is 11.6 Å². The van der Waals surface area contributed by atoms with Crippen LogP contribution in [0.3, 0.4) is 0 Å². The van der Waals surface area contributed by atoms with Crippen molar-refractivity contribution in [3.05, 3.63) is 100 Å². The summed E-state index contributed by atoms with van der Waals surface area (Å²) in [4.78, 5) is 29.7. The SMILES string of the molecule is Cc1ccc(C)c(N(CCCC(=O)N(Cc2ccccc2Cl)[C@H](Cc2ccccc2)C(=O)NC2CCCCC2)S(C)(=O)=O)c1. The fraction of sp³-hybridized carbons (Fsp3) is 0.429. The number of rotatable bonds is 13. The molecule has 0 aliphatic heterocycles. The Kier molecular flexibility index (Phi) is 11.9. The van der Waals surface area contributed by atoms with Crippen molar-refractivity contribution in [1.29, 1.82) is 0 Å². The standard InChI is InChI=1S/C35H44ClN3O4S/c1-26-20-21-27(2)32(23-26)39(44(3,42)43)22-12-19-34(40)38(25-29-15-10-11-18-31(29)36)33(24-28-13-6-4-7-14-28)35(41)37-30-16-8-5-9-17-30/h4,6-7,10-11,13-15,18,20-21,23,30,33H,5,8-9,12,16-17,19,22,24-25H2,1-3H3,(H,37,41)/t33-/m1/s1. The minimum atomic E-state index is -3.59. The summed E-state index contributed by atoms with van der Waals surface area (Å²) in [7, 11) is -3.59. The number of carbonyl (C=O) groups excluding carboxylic acids is 2. The monoisotopic (exact) mass is 637 g/mol. The summed E-state index contributed by atoms with van der Waals surface area (Å²) in [5.41, 5.74) is 4.11. The van der Waals surface area contributed by atoms with E-state index in [9.17, 15) is 18.0 Å². The van der Waals surface area contributed by atoms with Gasteiger partial charge in [0.1, 0.15) is 6.04 Å². The molecular formula is C35H44ClN3O4S. The van der Waals surface area contributed by atoms with Crippen LogP contribution >= 0.6 is 11.6 Å². The van der Waals surface area contributed by atoms with Crippen LogP contribution in [0.4, 0.5) is 5.69 Å². The van der Waals surface area contributed by atoms with Crippen molar-refractivity contribution in [3.8, 4) is 0 Å². The van der Waals surface area contributed by atoms with Gasteiger partial charge in [-0.05, 0) is 67.5 Å². The van der Waals surface area contributed by atoms with E-state index < -0.39 is 16.1 Å². The molecule has 1 atom stereocenters. The zero-order valence-electron chi connectivity index (χ0n) is 26.0. The number of anilines is 1. The van der Waals surface area contributed by atoms with Gasteiger partial charge < -0.3 is 10.2 Å². The van der Waals surface area contributed by atoms with E-state index in [1.807, 2.05) is 80.6 Å². The summed E-state index contributed by atoms with van der Waals surface area (Å²) in [5.74, 6) is -0.395. The molecule has 1 fully saturated rings. The first-order chi connectivity index (χ1) is 21.0. The van der Waals surface area contributed by atoms with Crippen LogP contribution in [0, 0.1) is 13.8 Å². The molecule has 44 heavy (non-hydrogen) atoms. The molecule has 0 bridgehead atoms. The van der Waals surface area contributed by atoms with Crippen LogP contribution in [0.1, 0.15) is 67.2 Å². The van der Waals surface area contributed by atoms with Gasteiger partial charge in [-0.25, -0.2) is 8.42 Å². The van der Waals surface area contributed by atoms with Gasteiger partial charge in [0.25, 0.3) is 0 Å². The number of hydrogen-bond donors (Lipinski definition) is 1. The second-order valence-electron chi connectivity index (χ2n) is 11.9. The molecule has 1 aliphatic carbocycles. The maximum absolute atomic E-state index is 14.1. The molecule has 9 heteroatoms. The zero-order valence-corrected chi connectivity index (χ0v) is 27.5.